The molecule has 0 aliphatic carbocycles. The molecule has 0 radical (unpaired) electrons. The Bertz CT molecular complexity index is 636. The number of nitrogens with one attached hydrogen (secondary N) is 3. The number of hydrogen-bond acceptors (Lipinski definition) is 3. The van der Waals surface area contributed by atoms with Gasteiger partial charge in [0.25, 0.3) is 0 Å². The van der Waals surface area contributed by atoms with Crippen LogP contribution in [0.5, 0.6) is 0 Å². The van der Waals surface area contributed by atoms with Crippen LogP contribution in [0.2, 0.25) is 0 Å². The number of carbonyl (C=O) groups is 1. The molecule has 26 heavy (non-hydrogen) atoms. The lowest BCUT2D eigenvalue weighted by Crippen LogP contribution is -2.46. The fraction of sp³-hybridized carbons (Fsp3) is 0.579. The van der Waals surface area contributed by atoms with Crippen LogP contribution in [0.1, 0.15) is 37.7 Å². The maximum Gasteiger partial charge on any atom is 0.225 e. The average molecular weight is 471 g/mol. The zero-order valence-corrected chi connectivity index (χ0v) is 18.0. The molecule has 0 spiro atoms. The molecule has 0 bridgehead atoms. The Kier molecular flexibility index (Phi) is 8.15. The second-order valence-corrected chi connectivity index (χ2v) is 6.80. The summed E-state index contributed by atoms with van der Waals surface area (Å²) in [4.78, 5) is 18.8. The van der Waals surface area contributed by atoms with Crippen molar-refractivity contribution in [1.82, 2.24) is 15.5 Å². The van der Waals surface area contributed by atoms with E-state index in [0.29, 0.717) is 19.0 Å². The van der Waals surface area contributed by atoms with Crippen molar-refractivity contribution in [3.63, 3.8) is 0 Å². The van der Waals surface area contributed by atoms with Gasteiger partial charge >= 0.3 is 0 Å². The molecule has 1 aromatic carbocycles. The third-order valence-corrected chi connectivity index (χ3v) is 5.26. The Hall–Kier alpha value is -1.35. The quantitative estimate of drug-likeness (QED) is 0.351. The van der Waals surface area contributed by atoms with Crippen LogP contribution in [0.25, 0.3) is 0 Å². The van der Waals surface area contributed by atoms with E-state index in [1.807, 2.05) is 18.2 Å². The number of likely N-dealkylation sites (N-methyl/N-ethyl adjacent to an activating group) is 1. The summed E-state index contributed by atoms with van der Waals surface area (Å²) in [5.74, 6) is 1.06. The van der Waals surface area contributed by atoms with Gasteiger partial charge < -0.3 is 16.0 Å². The van der Waals surface area contributed by atoms with Gasteiger partial charge in [-0.05, 0) is 37.6 Å². The first-order chi connectivity index (χ1) is 12.2. The first-order valence-electron chi connectivity index (χ1n) is 9.28. The Morgan fingerprint density at radius 3 is 2.85 bits per heavy atom. The van der Waals surface area contributed by atoms with Crippen LogP contribution in [-0.2, 0) is 4.79 Å². The summed E-state index contributed by atoms with van der Waals surface area (Å²) in [7, 11) is 1.79. The SMILES string of the molecule is CCN1CCCC1CNC(=NC)NCC1CC(=O)Nc2ccccc21.I. The van der Waals surface area contributed by atoms with Gasteiger partial charge in [-0.15, -0.1) is 24.0 Å². The maximum atomic E-state index is 11.9. The number of benzene rings is 1. The number of para-hydroxylation sites is 1. The van der Waals surface area contributed by atoms with E-state index >= 15 is 0 Å². The van der Waals surface area contributed by atoms with Gasteiger partial charge in [-0.2, -0.15) is 0 Å². The number of nitrogens with zero attached hydrogens (tertiary/aromatic N) is 2. The lowest BCUT2D eigenvalue weighted by molar-refractivity contribution is -0.116. The van der Waals surface area contributed by atoms with Gasteiger partial charge in [-0.25, -0.2) is 0 Å². The number of guanidine groups is 1. The summed E-state index contributed by atoms with van der Waals surface area (Å²) < 4.78 is 0. The molecule has 1 amide bonds. The number of likely N-dealkylation sites (tertiary alicyclic amines) is 1. The van der Waals surface area contributed by atoms with Crippen LogP contribution >= 0.6 is 24.0 Å². The Balaban J connectivity index is 0.00000243. The molecule has 2 aliphatic rings. The molecule has 2 atom stereocenters. The number of halogens is 1. The summed E-state index contributed by atoms with van der Waals surface area (Å²) in [5.41, 5.74) is 2.12. The lowest BCUT2D eigenvalue weighted by Gasteiger charge is -2.27. The van der Waals surface area contributed by atoms with Crippen LogP contribution in [-0.4, -0.2) is 56.0 Å². The molecule has 144 valence electrons. The predicted octanol–water partition coefficient (Wildman–Crippen LogP) is 2.38. The van der Waals surface area contributed by atoms with Crippen molar-refractivity contribution in [2.24, 2.45) is 4.99 Å². The molecule has 6 nitrogen and oxygen atoms in total. The minimum absolute atomic E-state index is 0. The van der Waals surface area contributed by atoms with Crippen LogP contribution in [0.4, 0.5) is 5.69 Å². The second kappa shape index (κ2) is 10.1. The lowest BCUT2D eigenvalue weighted by atomic mass is 9.90. The topological polar surface area (TPSA) is 68.8 Å². The molecule has 2 unspecified atom stereocenters. The van der Waals surface area contributed by atoms with Crippen molar-refractivity contribution >= 4 is 41.5 Å². The molecule has 0 saturated carbocycles. The maximum absolute atomic E-state index is 11.9. The highest BCUT2D eigenvalue weighted by molar-refractivity contribution is 14.0. The van der Waals surface area contributed by atoms with Crippen molar-refractivity contribution in [3.8, 4) is 0 Å². The fourth-order valence-electron chi connectivity index (χ4n) is 3.88. The number of carbonyl (C=O) groups excluding carboxylic acids is 1. The van der Waals surface area contributed by atoms with Gasteiger partial charge in [0.2, 0.25) is 5.91 Å². The van der Waals surface area contributed by atoms with Gasteiger partial charge in [-0.3, -0.25) is 14.7 Å². The molecule has 1 saturated heterocycles. The van der Waals surface area contributed by atoms with Gasteiger partial charge in [-0.1, -0.05) is 25.1 Å². The van der Waals surface area contributed by atoms with Gasteiger partial charge in [0.05, 0.1) is 0 Å². The Labute approximate surface area is 173 Å². The standard InChI is InChI=1S/C19H29N5O.HI/c1-3-24-10-6-7-15(24)13-22-19(20-2)21-12-14-11-18(25)23-17-9-5-4-8-16(14)17;/h4-5,8-9,14-15H,3,6-7,10-13H2,1-2H3,(H,23,25)(H2,20,21,22);1H. The van der Waals surface area contributed by atoms with Crippen molar-refractivity contribution < 1.29 is 4.79 Å². The van der Waals surface area contributed by atoms with E-state index in [2.05, 4.69) is 38.8 Å². The summed E-state index contributed by atoms with van der Waals surface area (Å²) in [6.45, 7) is 6.13. The minimum atomic E-state index is 0. The molecular weight excluding hydrogens is 441 g/mol. The monoisotopic (exact) mass is 471 g/mol. The van der Waals surface area contributed by atoms with E-state index in [0.717, 1.165) is 24.7 Å². The molecule has 7 heteroatoms. The third-order valence-electron chi connectivity index (χ3n) is 5.26. The molecule has 0 aromatic heterocycles. The first kappa shape index (κ1) is 21.0. The van der Waals surface area contributed by atoms with Crippen LogP contribution in [0, 0.1) is 0 Å². The van der Waals surface area contributed by atoms with E-state index in [9.17, 15) is 4.79 Å². The number of anilines is 1. The van der Waals surface area contributed by atoms with Crippen LogP contribution in [0.15, 0.2) is 29.3 Å². The number of hydrogen-bond donors (Lipinski definition) is 3. The first-order valence-corrected chi connectivity index (χ1v) is 9.28. The molecule has 3 rings (SSSR count). The fourth-order valence-corrected chi connectivity index (χ4v) is 3.88. The highest BCUT2D eigenvalue weighted by Gasteiger charge is 2.25. The van der Waals surface area contributed by atoms with E-state index in [4.69, 9.17) is 0 Å². The molecule has 2 heterocycles. The Morgan fingerprint density at radius 1 is 1.31 bits per heavy atom. The summed E-state index contributed by atoms with van der Waals surface area (Å²) >= 11 is 0. The minimum Gasteiger partial charge on any atom is -0.356 e. The van der Waals surface area contributed by atoms with Crippen molar-refractivity contribution in [2.45, 2.75) is 38.1 Å². The zero-order chi connectivity index (χ0) is 17.6. The summed E-state index contributed by atoms with van der Waals surface area (Å²) in [5, 5.41) is 9.79. The van der Waals surface area contributed by atoms with Gasteiger partial charge in [0.1, 0.15) is 0 Å². The molecular formula is C19H30IN5O. The Morgan fingerprint density at radius 2 is 2.08 bits per heavy atom. The van der Waals surface area contributed by atoms with Crippen molar-refractivity contribution in [1.29, 1.82) is 0 Å². The molecule has 1 aromatic rings. The van der Waals surface area contributed by atoms with Crippen LogP contribution in [0.3, 0.4) is 0 Å². The number of aliphatic imine (C=N–C) groups is 1. The number of rotatable bonds is 5. The summed E-state index contributed by atoms with van der Waals surface area (Å²) in [6.07, 6.45) is 3.03. The van der Waals surface area contributed by atoms with E-state index < -0.39 is 0 Å². The highest BCUT2D eigenvalue weighted by atomic mass is 127. The van der Waals surface area contributed by atoms with Crippen molar-refractivity contribution in [3.05, 3.63) is 29.8 Å². The van der Waals surface area contributed by atoms with Gasteiger partial charge in [0.15, 0.2) is 5.96 Å². The third kappa shape index (κ3) is 5.09. The van der Waals surface area contributed by atoms with Gasteiger partial charge in [0, 0.05) is 44.2 Å². The normalized spacial score (nSPS) is 23.0. The number of fused-ring (bicyclic) bond motifs is 1. The number of amides is 1. The largest absolute Gasteiger partial charge is 0.356 e. The van der Waals surface area contributed by atoms with E-state index in [-0.39, 0.29) is 35.8 Å². The van der Waals surface area contributed by atoms with E-state index in [1.165, 1.54) is 24.9 Å². The summed E-state index contributed by atoms with van der Waals surface area (Å²) in [6, 6.07) is 8.62. The van der Waals surface area contributed by atoms with E-state index in [1.54, 1.807) is 7.05 Å². The zero-order valence-electron chi connectivity index (χ0n) is 15.6. The molecule has 3 N–H and O–H groups in total. The smallest absolute Gasteiger partial charge is 0.225 e. The predicted molar refractivity (Wildman–Crippen MR) is 117 cm³/mol. The molecule has 2 aliphatic heterocycles. The highest BCUT2D eigenvalue weighted by Crippen LogP contribution is 2.31. The second-order valence-electron chi connectivity index (χ2n) is 6.80. The average Bonchev–Trinajstić information content (AvgIpc) is 3.09. The van der Waals surface area contributed by atoms with Crippen LogP contribution < -0.4 is 16.0 Å². The van der Waals surface area contributed by atoms with Crippen molar-refractivity contribution in [2.75, 3.05) is 38.5 Å². The molecule has 1 fully saturated rings.